The van der Waals surface area contributed by atoms with E-state index in [0.29, 0.717) is 11.5 Å². The number of rotatable bonds is 3. The Morgan fingerprint density at radius 3 is 2.43 bits per heavy atom. The fourth-order valence-corrected chi connectivity index (χ4v) is 3.91. The molecule has 1 saturated carbocycles. The lowest BCUT2D eigenvalue weighted by atomic mass is 9.69. The van der Waals surface area contributed by atoms with Crippen LogP contribution in [0.15, 0.2) is 22.7 Å². The molecule has 1 aromatic rings. The first-order chi connectivity index (χ1) is 9.79. The highest BCUT2D eigenvalue weighted by molar-refractivity contribution is 9.10. The maximum Gasteiger partial charge on any atom is 0.0597 e. The molecule has 0 radical (unpaired) electrons. The van der Waals surface area contributed by atoms with Gasteiger partial charge in [0.15, 0.2) is 0 Å². The highest BCUT2D eigenvalue weighted by atomic mass is 79.9. The second kappa shape index (κ2) is 6.60. The van der Waals surface area contributed by atoms with Gasteiger partial charge in [0.25, 0.3) is 0 Å². The molecule has 1 aliphatic rings. The molecule has 118 valence electrons. The summed E-state index contributed by atoms with van der Waals surface area (Å²) in [6.45, 7) is 7.14. The van der Waals surface area contributed by atoms with E-state index in [-0.39, 0.29) is 0 Å². The van der Waals surface area contributed by atoms with Crippen LogP contribution in [0.1, 0.15) is 46.5 Å². The highest BCUT2D eigenvalue weighted by Crippen LogP contribution is 2.40. The predicted molar refractivity (Wildman–Crippen MR) is 97.3 cm³/mol. The van der Waals surface area contributed by atoms with Gasteiger partial charge in [-0.05, 0) is 42.4 Å². The summed E-state index contributed by atoms with van der Waals surface area (Å²) >= 11 is 3.61. The van der Waals surface area contributed by atoms with Crippen LogP contribution in [-0.4, -0.2) is 20.1 Å². The summed E-state index contributed by atoms with van der Waals surface area (Å²) in [4.78, 5) is 2.18. The molecule has 2 unspecified atom stereocenters. The fourth-order valence-electron chi connectivity index (χ4n) is 3.55. The van der Waals surface area contributed by atoms with E-state index in [4.69, 9.17) is 0 Å². The van der Waals surface area contributed by atoms with Crippen LogP contribution in [-0.2, 0) is 0 Å². The lowest BCUT2D eigenvalue weighted by Gasteiger charge is -2.41. The molecule has 0 amide bonds. The highest BCUT2D eigenvalue weighted by Gasteiger charge is 2.34. The van der Waals surface area contributed by atoms with E-state index in [9.17, 15) is 0 Å². The number of nitrogens with zero attached hydrogens (tertiary/aromatic N) is 1. The fraction of sp³-hybridized carbons (Fsp3) is 0.667. The van der Waals surface area contributed by atoms with Crippen molar-refractivity contribution in [2.24, 2.45) is 11.3 Å². The van der Waals surface area contributed by atoms with Gasteiger partial charge in [-0.15, -0.1) is 0 Å². The van der Waals surface area contributed by atoms with Crippen molar-refractivity contribution in [2.45, 2.75) is 52.5 Å². The van der Waals surface area contributed by atoms with Crippen molar-refractivity contribution < 1.29 is 0 Å². The van der Waals surface area contributed by atoms with Gasteiger partial charge in [-0.1, -0.05) is 49.5 Å². The maximum absolute atomic E-state index is 3.86. The topological polar surface area (TPSA) is 15.3 Å². The molecule has 2 atom stereocenters. The molecule has 0 heterocycles. The summed E-state index contributed by atoms with van der Waals surface area (Å²) in [5.41, 5.74) is 2.87. The Morgan fingerprint density at radius 2 is 1.81 bits per heavy atom. The second-order valence-corrected chi connectivity index (χ2v) is 8.48. The van der Waals surface area contributed by atoms with E-state index in [1.54, 1.807) is 0 Å². The first-order valence-corrected chi connectivity index (χ1v) is 8.82. The van der Waals surface area contributed by atoms with Crippen molar-refractivity contribution in [3.63, 3.8) is 0 Å². The van der Waals surface area contributed by atoms with Gasteiger partial charge in [-0.25, -0.2) is 0 Å². The van der Waals surface area contributed by atoms with Crippen LogP contribution in [0.3, 0.4) is 0 Å². The SMILES string of the molecule is CN(C)c1ccc(Br)cc1NC1CCCCC1C(C)(C)C. The van der Waals surface area contributed by atoms with Crippen molar-refractivity contribution >= 4 is 27.3 Å². The molecule has 0 bridgehead atoms. The van der Waals surface area contributed by atoms with Crippen molar-refractivity contribution in [2.75, 3.05) is 24.3 Å². The number of nitrogens with one attached hydrogen (secondary N) is 1. The summed E-state index contributed by atoms with van der Waals surface area (Å²) < 4.78 is 1.14. The number of benzene rings is 1. The Hall–Kier alpha value is -0.700. The molecule has 3 heteroatoms. The first-order valence-electron chi connectivity index (χ1n) is 8.02. The van der Waals surface area contributed by atoms with Gasteiger partial charge in [-0.2, -0.15) is 0 Å². The zero-order valence-corrected chi connectivity index (χ0v) is 15.6. The minimum absolute atomic E-state index is 0.363. The van der Waals surface area contributed by atoms with Gasteiger partial charge < -0.3 is 10.2 Å². The summed E-state index contributed by atoms with van der Waals surface area (Å²) in [5, 5.41) is 3.86. The standard InChI is InChI=1S/C18H29BrN2/c1-18(2,3)14-8-6-7-9-15(14)20-16-12-13(19)10-11-17(16)21(4)5/h10-12,14-15,20H,6-9H2,1-5H3. The minimum Gasteiger partial charge on any atom is -0.380 e. The van der Waals surface area contributed by atoms with Crippen LogP contribution < -0.4 is 10.2 Å². The molecule has 1 N–H and O–H groups in total. The van der Waals surface area contributed by atoms with E-state index in [1.165, 1.54) is 37.1 Å². The number of halogens is 1. The van der Waals surface area contributed by atoms with E-state index in [1.807, 2.05) is 0 Å². The second-order valence-electron chi connectivity index (χ2n) is 7.56. The van der Waals surface area contributed by atoms with Gasteiger partial charge in [0.1, 0.15) is 0 Å². The van der Waals surface area contributed by atoms with E-state index < -0.39 is 0 Å². The van der Waals surface area contributed by atoms with Gasteiger partial charge in [0.2, 0.25) is 0 Å². The minimum atomic E-state index is 0.363. The van der Waals surface area contributed by atoms with E-state index in [0.717, 1.165) is 10.4 Å². The Morgan fingerprint density at radius 1 is 1.14 bits per heavy atom. The predicted octanol–water partition coefficient (Wildman–Crippen LogP) is 5.53. The molecule has 2 rings (SSSR count). The van der Waals surface area contributed by atoms with Crippen molar-refractivity contribution in [1.82, 2.24) is 0 Å². The van der Waals surface area contributed by atoms with Crippen LogP contribution in [0.4, 0.5) is 11.4 Å². The van der Waals surface area contributed by atoms with Crippen molar-refractivity contribution in [3.8, 4) is 0 Å². The molecular formula is C18H29BrN2. The number of hydrogen-bond donors (Lipinski definition) is 1. The van der Waals surface area contributed by atoms with Gasteiger partial charge >= 0.3 is 0 Å². The molecule has 0 aliphatic heterocycles. The van der Waals surface area contributed by atoms with Gasteiger partial charge in [-0.3, -0.25) is 0 Å². The number of hydrogen-bond acceptors (Lipinski definition) is 2. The number of anilines is 2. The Kier molecular flexibility index (Phi) is 5.24. The zero-order valence-electron chi connectivity index (χ0n) is 14.0. The molecule has 1 aromatic carbocycles. The summed E-state index contributed by atoms with van der Waals surface area (Å²) in [5.74, 6) is 0.736. The average molecular weight is 353 g/mol. The maximum atomic E-state index is 3.86. The van der Waals surface area contributed by atoms with Crippen LogP contribution in [0.5, 0.6) is 0 Å². The lowest BCUT2D eigenvalue weighted by Crippen LogP contribution is -2.40. The Balaban J connectivity index is 2.25. The summed E-state index contributed by atoms with van der Waals surface area (Å²) in [6.07, 6.45) is 5.34. The summed E-state index contributed by atoms with van der Waals surface area (Å²) in [7, 11) is 4.22. The first kappa shape index (κ1) is 16.7. The van der Waals surface area contributed by atoms with E-state index in [2.05, 4.69) is 79.2 Å². The third-order valence-corrected chi connectivity index (χ3v) is 5.15. The van der Waals surface area contributed by atoms with Crippen molar-refractivity contribution in [3.05, 3.63) is 22.7 Å². The van der Waals surface area contributed by atoms with E-state index >= 15 is 0 Å². The Bertz CT molecular complexity index is 477. The largest absolute Gasteiger partial charge is 0.380 e. The quantitative estimate of drug-likeness (QED) is 0.768. The zero-order chi connectivity index (χ0) is 15.6. The third-order valence-electron chi connectivity index (χ3n) is 4.66. The molecule has 1 fully saturated rings. The molecule has 21 heavy (non-hydrogen) atoms. The third kappa shape index (κ3) is 4.15. The van der Waals surface area contributed by atoms with Crippen molar-refractivity contribution in [1.29, 1.82) is 0 Å². The lowest BCUT2D eigenvalue weighted by molar-refractivity contribution is 0.163. The molecule has 0 spiro atoms. The molecule has 0 saturated heterocycles. The van der Waals surface area contributed by atoms with Crippen LogP contribution in [0.25, 0.3) is 0 Å². The molecule has 2 nitrogen and oxygen atoms in total. The Labute approximate surface area is 138 Å². The monoisotopic (exact) mass is 352 g/mol. The normalized spacial score (nSPS) is 23.0. The van der Waals surface area contributed by atoms with Crippen LogP contribution in [0, 0.1) is 11.3 Å². The smallest absolute Gasteiger partial charge is 0.0597 e. The molecule has 1 aliphatic carbocycles. The van der Waals surface area contributed by atoms with Crippen LogP contribution >= 0.6 is 15.9 Å². The van der Waals surface area contributed by atoms with Gasteiger partial charge in [0.05, 0.1) is 11.4 Å². The molecule has 0 aromatic heterocycles. The van der Waals surface area contributed by atoms with Gasteiger partial charge in [0, 0.05) is 24.6 Å². The van der Waals surface area contributed by atoms with Crippen LogP contribution in [0.2, 0.25) is 0 Å². The molecular weight excluding hydrogens is 324 g/mol. The summed E-state index contributed by atoms with van der Waals surface area (Å²) in [6, 6.07) is 7.08. The average Bonchev–Trinajstić information content (AvgIpc) is 2.37.